The highest BCUT2D eigenvalue weighted by atomic mass is 16.1. The van der Waals surface area contributed by atoms with E-state index >= 15 is 0 Å². The van der Waals surface area contributed by atoms with Gasteiger partial charge in [0.05, 0.1) is 6.33 Å². The van der Waals surface area contributed by atoms with Crippen LogP contribution in [0.5, 0.6) is 0 Å². The Labute approximate surface area is 102 Å². The van der Waals surface area contributed by atoms with Crippen molar-refractivity contribution in [3.8, 4) is 0 Å². The summed E-state index contributed by atoms with van der Waals surface area (Å²) in [6.07, 6.45) is 1.45. The summed E-state index contributed by atoms with van der Waals surface area (Å²) in [4.78, 5) is 25.3. The SMILES string of the molecule is Cc1ccccc1Nc1nc2nc[nH]c2c(=O)[nH]1. The molecule has 0 aliphatic carbocycles. The molecular weight excluding hydrogens is 230 g/mol. The minimum absolute atomic E-state index is 0.242. The van der Waals surface area contributed by atoms with Crippen molar-refractivity contribution in [2.45, 2.75) is 6.92 Å². The van der Waals surface area contributed by atoms with Crippen LogP contribution in [-0.2, 0) is 0 Å². The number of benzene rings is 1. The number of nitrogens with zero attached hydrogens (tertiary/aromatic N) is 2. The van der Waals surface area contributed by atoms with Gasteiger partial charge in [-0.2, -0.15) is 4.98 Å². The number of hydrogen-bond acceptors (Lipinski definition) is 4. The van der Waals surface area contributed by atoms with Crippen molar-refractivity contribution in [2.75, 3.05) is 5.32 Å². The Morgan fingerprint density at radius 1 is 1.28 bits per heavy atom. The van der Waals surface area contributed by atoms with Crippen molar-refractivity contribution >= 4 is 22.8 Å². The van der Waals surface area contributed by atoms with Crippen LogP contribution in [0.25, 0.3) is 11.2 Å². The number of fused-ring (bicyclic) bond motifs is 1. The van der Waals surface area contributed by atoms with Gasteiger partial charge in [0, 0.05) is 5.69 Å². The van der Waals surface area contributed by atoms with E-state index in [0.29, 0.717) is 17.1 Å². The zero-order valence-electron chi connectivity index (χ0n) is 9.69. The van der Waals surface area contributed by atoms with Crippen molar-refractivity contribution in [1.29, 1.82) is 0 Å². The number of nitrogens with one attached hydrogen (secondary N) is 3. The summed E-state index contributed by atoms with van der Waals surface area (Å²) in [6, 6.07) is 7.77. The minimum Gasteiger partial charge on any atom is -0.339 e. The van der Waals surface area contributed by atoms with E-state index in [2.05, 4.69) is 25.3 Å². The molecule has 3 aromatic rings. The second-order valence-corrected chi connectivity index (χ2v) is 3.96. The molecule has 2 heterocycles. The minimum atomic E-state index is -0.242. The first kappa shape index (κ1) is 10.5. The van der Waals surface area contributed by atoms with E-state index in [1.165, 1.54) is 6.33 Å². The quantitative estimate of drug-likeness (QED) is 0.637. The van der Waals surface area contributed by atoms with Crippen LogP contribution in [0.2, 0.25) is 0 Å². The van der Waals surface area contributed by atoms with Gasteiger partial charge in [-0.05, 0) is 18.6 Å². The lowest BCUT2D eigenvalue weighted by Crippen LogP contribution is -2.11. The van der Waals surface area contributed by atoms with E-state index < -0.39 is 0 Å². The molecule has 0 amide bonds. The van der Waals surface area contributed by atoms with Gasteiger partial charge < -0.3 is 10.3 Å². The molecule has 18 heavy (non-hydrogen) atoms. The second-order valence-electron chi connectivity index (χ2n) is 3.96. The summed E-state index contributed by atoms with van der Waals surface area (Å²) in [7, 11) is 0. The Morgan fingerprint density at radius 3 is 2.94 bits per heavy atom. The van der Waals surface area contributed by atoms with Gasteiger partial charge >= 0.3 is 0 Å². The monoisotopic (exact) mass is 241 g/mol. The van der Waals surface area contributed by atoms with Crippen LogP contribution in [0.1, 0.15) is 5.56 Å². The van der Waals surface area contributed by atoms with Gasteiger partial charge in [0.25, 0.3) is 5.56 Å². The molecule has 0 spiro atoms. The number of imidazole rings is 1. The number of aromatic amines is 2. The van der Waals surface area contributed by atoms with E-state index in [-0.39, 0.29) is 5.56 Å². The molecule has 0 saturated heterocycles. The number of aromatic nitrogens is 4. The largest absolute Gasteiger partial charge is 0.339 e. The second kappa shape index (κ2) is 3.99. The van der Waals surface area contributed by atoms with Crippen LogP contribution in [0.15, 0.2) is 35.4 Å². The van der Waals surface area contributed by atoms with Crippen molar-refractivity contribution < 1.29 is 0 Å². The molecule has 0 aliphatic rings. The topological polar surface area (TPSA) is 86.5 Å². The summed E-state index contributed by atoms with van der Waals surface area (Å²) < 4.78 is 0. The van der Waals surface area contributed by atoms with Crippen molar-refractivity contribution in [3.05, 3.63) is 46.5 Å². The molecule has 6 nitrogen and oxygen atoms in total. The fraction of sp³-hybridized carbons (Fsp3) is 0.0833. The molecule has 2 aromatic heterocycles. The van der Waals surface area contributed by atoms with E-state index in [1.807, 2.05) is 31.2 Å². The third-order valence-electron chi connectivity index (χ3n) is 2.69. The zero-order chi connectivity index (χ0) is 12.5. The lowest BCUT2D eigenvalue weighted by Gasteiger charge is -2.07. The molecule has 3 N–H and O–H groups in total. The van der Waals surface area contributed by atoms with Gasteiger partial charge in [0.1, 0.15) is 0 Å². The fourth-order valence-electron chi connectivity index (χ4n) is 1.74. The molecule has 0 radical (unpaired) electrons. The predicted octanol–water partition coefficient (Wildman–Crippen LogP) is 1.70. The average Bonchev–Trinajstić information content (AvgIpc) is 2.81. The normalized spacial score (nSPS) is 10.7. The Bertz CT molecular complexity index is 758. The van der Waals surface area contributed by atoms with Crippen molar-refractivity contribution in [1.82, 2.24) is 19.9 Å². The summed E-state index contributed by atoms with van der Waals surface area (Å²) in [5.74, 6) is 0.383. The number of anilines is 2. The Morgan fingerprint density at radius 2 is 2.11 bits per heavy atom. The summed E-state index contributed by atoms with van der Waals surface area (Å²) in [5.41, 5.74) is 2.51. The number of hydrogen-bond donors (Lipinski definition) is 3. The third kappa shape index (κ3) is 1.73. The highest BCUT2D eigenvalue weighted by Gasteiger charge is 2.06. The van der Waals surface area contributed by atoms with Gasteiger partial charge in [0.2, 0.25) is 5.95 Å². The molecular formula is C12H11N5O. The number of rotatable bonds is 2. The molecule has 0 bridgehead atoms. The maximum Gasteiger partial charge on any atom is 0.278 e. The molecule has 0 fully saturated rings. The van der Waals surface area contributed by atoms with Gasteiger partial charge in [-0.15, -0.1) is 0 Å². The first-order chi connectivity index (χ1) is 8.74. The maximum absolute atomic E-state index is 11.7. The van der Waals surface area contributed by atoms with Crippen LogP contribution < -0.4 is 10.9 Å². The molecule has 6 heteroatoms. The molecule has 0 aliphatic heterocycles. The molecule has 90 valence electrons. The lowest BCUT2D eigenvalue weighted by molar-refractivity contribution is 1.15. The number of aryl methyl sites for hydroxylation is 1. The summed E-state index contributed by atoms with van der Waals surface area (Å²) in [5, 5.41) is 3.07. The van der Waals surface area contributed by atoms with E-state index in [1.54, 1.807) is 0 Å². The first-order valence-corrected chi connectivity index (χ1v) is 5.50. The summed E-state index contributed by atoms with van der Waals surface area (Å²) in [6.45, 7) is 1.98. The van der Waals surface area contributed by atoms with Crippen molar-refractivity contribution in [2.24, 2.45) is 0 Å². The van der Waals surface area contributed by atoms with Gasteiger partial charge in [-0.1, -0.05) is 18.2 Å². The number of para-hydroxylation sites is 1. The molecule has 0 unspecified atom stereocenters. The smallest absolute Gasteiger partial charge is 0.278 e. The predicted molar refractivity (Wildman–Crippen MR) is 69.0 cm³/mol. The first-order valence-electron chi connectivity index (χ1n) is 5.50. The molecule has 1 aromatic carbocycles. The van der Waals surface area contributed by atoms with E-state index in [0.717, 1.165) is 11.3 Å². The van der Waals surface area contributed by atoms with Crippen LogP contribution >= 0.6 is 0 Å². The standard InChI is InChI=1S/C12H11N5O/c1-7-4-2-3-5-8(7)15-12-16-10-9(11(18)17-12)13-6-14-10/h2-6H,1H3,(H3,13,14,15,16,17,18). The van der Waals surface area contributed by atoms with Crippen LogP contribution in [0, 0.1) is 6.92 Å². The van der Waals surface area contributed by atoms with Crippen LogP contribution in [0.4, 0.5) is 11.6 Å². The Hall–Kier alpha value is -2.63. The summed E-state index contributed by atoms with van der Waals surface area (Å²) >= 11 is 0. The Kier molecular flexibility index (Phi) is 2.33. The molecule has 0 atom stereocenters. The highest BCUT2D eigenvalue weighted by Crippen LogP contribution is 2.17. The average molecular weight is 241 g/mol. The van der Waals surface area contributed by atoms with E-state index in [9.17, 15) is 4.79 Å². The third-order valence-corrected chi connectivity index (χ3v) is 2.69. The van der Waals surface area contributed by atoms with Gasteiger partial charge in [0.15, 0.2) is 11.2 Å². The maximum atomic E-state index is 11.7. The molecule has 3 rings (SSSR count). The lowest BCUT2D eigenvalue weighted by atomic mass is 10.2. The fourth-order valence-corrected chi connectivity index (χ4v) is 1.74. The number of H-pyrrole nitrogens is 2. The Balaban J connectivity index is 2.05. The van der Waals surface area contributed by atoms with Crippen LogP contribution in [0.3, 0.4) is 0 Å². The van der Waals surface area contributed by atoms with Crippen molar-refractivity contribution in [3.63, 3.8) is 0 Å². The van der Waals surface area contributed by atoms with Crippen LogP contribution in [-0.4, -0.2) is 19.9 Å². The van der Waals surface area contributed by atoms with E-state index in [4.69, 9.17) is 0 Å². The zero-order valence-corrected chi connectivity index (χ0v) is 9.69. The van der Waals surface area contributed by atoms with Gasteiger partial charge in [-0.25, -0.2) is 4.98 Å². The highest BCUT2D eigenvalue weighted by molar-refractivity contribution is 5.71. The van der Waals surface area contributed by atoms with Gasteiger partial charge in [-0.3, -0.25) is 9.78 Å². The molecule has 0 saturated carbocycles.